The third kappa shape index (κ3) is 2.75. The molecule has 3 N–H and O–H groups in total. The summed E-state index contributed by atoms with van der Waals surface area (Å²) >= 11 is 5.57. The normalized spacial score (nSPS) is 12.2. The number of aromatic nitrogens is 2. The third-order valence-electron chi connectivity index (χ3n) is 2.27. The zero-order chi connectivity index (χ0) is 12.3. The summed E-state index contributed by atoms with van der Waals surface area (Å²) < 4.78 is 1.70. The number of aliphatic imine (C=N–C) groups is 1. The summed E-state index contributed by atoms with van der Waals surface area (Å²) in [7, 11) is 0. The molecule has 0 aliphatic heterocycles. The molecular weight excluding hydrogens is 240 g/mol. The summed E-state index contributed by atoms with van der Waals surface area (Å²) in [6.07, 6.45) is 1.86. The molecule has 0 saturated carbocycles. The van der Waals surface area contributed by atoms with Gasteiger partial charge in [-0.1, -0.05) is 0 Å². The average molecular weight is 253 g/mol. The van der Waals surface area contributed by atoms with Crippen LogP contribution in [0.1, 0.15) is 0 Å². The molecule has 0 saturated heterocycles. The third-order valence-corrected chi connectivity index (χ3v) is 2.55. The molecule has 0 atom stereocenters. The van der Waals surface area contributed by atoms with Crippen LogP contribution in [0.25, 0.3) is 10.9 Å². The predicted octanol–water partition coefficient (Wildman–Crippen LogP) is 1.26. The molecule has 0 aliphatic carbocycles. The van der Waals surface area contributed by atoms with Gasteiger partial charge in [0.25, 0.3) is 0 Å². The van der Waals surface area contributed by atoms with E-state index in [-0.39, 0.29) is 12.5 Å². The van der Waals surface area contributed by atoms with Gasteiger partial charge >= 0.3 is 0 Å². The quantitative estimate of drug-likeness (QED) is 0.489. The Balaban J connectivity index is 2.36. The number of halogens is 1. The number of hydrogen-bond donors (Lipinski definition) is 2. The second-order valence-electron chi connectivity index (χ2n) is 3.60. The molecule has 0 spiro atoms. The van der Waals surface area contributed by atoms with Crippen LogP contribution < -0.4 is 5.73 Å². The van der Waals surface area contributed by atoms with E-state index < -0.39 is 0 Å². The van der Waals surface area contributed by atoms with E-state index in [0.717, 1.165) is 16.6 Å². The largest absolute Gasteiger partial charge is 0.394 e. The lowest BCUT2D eigenvalue weighted by Gasteiger charge is -1.95. The number of amidine groups is 1. The lowest BCUT2D eigenvalue weighted by molar-refractivity contribution is 0.270. The van der Waals surface area contributed by atoms with Crippen LogP contribution >= 0.6 is 11.6 Å². The van der Waals surface area contributed by atoms with E-state index in [2.05, 4.69) is 10.1 Å². The summed E-state index contributed by atoms with van der Waals surface area (Å²) in [4.78, 5) is 4.16. The molecule has 6 heteroatoms. The number of fused-ring (bicyclic) bond motifs is 1. The van der Waals surface area contributed by atoms with Gasteiger partial charge < -0.3 is 10.8 Å². The van der Waals surface area contributed by atoms with Crippen LogP contribution in [-0.2, 0) is 6.54 Å². The molecule has 1 aromatic carbocycles. The van der Waals surface area contributed by atoms with Gasteiger partial charge in [-0.3, -0.25) is 4.68 Å². The fraction of sp³-hybridized carbons (Fsp3) is 0.273. The molecular formula is C11H13ClN4O. The fourth-order valence-corrected chi connectivity index (χ4v) is 1.61. The van der Waals surface area contributed by atoms with Crippen LogP contribution in [0, 0.1) is 0 Å². The van der Waals surface area contributed by atoms with Gasteiger partial charge in [0.15, 0.2) is 0 Å². The summed E-state index contributed by atoms with van der Waals surface area (Å²) in [6.45, 7) is 0.551. The van der Waals surface area contributed by atoms with E-state index in [1.807, 2.05) is 24.4 Å². The Kier molecular flexibility index (Phi) is 3.61. The van der Waals surface area contributed by atoms with Crippen molar-refractivity contribution >= 4 is 34.0 Å². The van der Waals surface area contributed by atoms with Gasteiger partial charge in [0.2, 0.25) is 0 Å². The minimum absolute atomic E-state index is 0.0677. The van der Waals surface area contributed by atoms with Crippen LogP contribution in [0.3, 0.4) is 0 Å². The van der Waals surface area contributed by atoms with Crippen molar-refractivity contribution in [2.45, 2.75) is 6.54 Å². The molecule has 2 rings (SSSR count). The second kappa shape index (κ2) is 5.16. The monoisotopic (exact) mass is 252 g/mol. The van der Waals surface area contributed by atoms with Crippen molar-refractivity contribution in [1.29, 1.82) is 0 Å². The smallest absolute Gasteiger partial charge is 0.115 e. The molecule has 2 aromatic rings. The van der Waals surface area contributed by atoms with Gasteiger partial charge in [-0.25, -0.2) is 4.99 Å². The number of nitrogens with zero attached hydrogens (tertiary/aromatic N) is 3. The Morgan fingerprint density at radius 2 is 2.35 bits per heavy atom. The number of aliphatic hydroxyl groups excluding tert-OH is 1. The van der Waals surface area contributed by atoms with Gasteiger partial charge in [0, 0.05) is 11.6 Å². The summed E-state index contributed by atoms with van der Waals surface area (Å²) in [6, 6.07) is 5.58. The van der Waals surface area contributed by atoms with Gasteiger partial charge in [0.05, 0.1) is 30.2 Å². The average Bonchev–Trinajstić information content (AvgIpc) is 2.71. The van der Waals surface area contributed by atoms with Crippen molar-refractivity contribution in [2.75, 3.05) is 12.5 Å². The Morgan fingerprint density at radius 1 is 1.53 bits per heavy atom. The minimum Gasteiger partial charge on any atom is -0.394 e. The maximum atomic E-state index is 8.84. The van der Waals surface area contributed by atoms with E-state index in [9.17, 15) is 0 Å². The molecule has 0 aliphatic rings. The van der Waals surface area contributed by atoms with Crippen LogP contribution in [0.15, 0.2) is 29.4 Å². The maximum Gasteiger partial charge on any atom is 0.115 e. The highest BCUT2D eigenvalue weighted by molar-refractivity contribution is 6.28. The number of hydrogen-bond acceptors (Lipinski definition) is 3. The molecule has 1 heterocycles. The van der Waals surface area contributed by atoms with Gasteiger partial charge in [-0.05, 0) is 18.2 Å². The summed E-state index contributed by atoms with van der Waals surface area (Å²) in [5.74, 6) is 0.593. The molecule has 0 bridgehead atoms. The first-order valence-corrected chi connectivity index (χ1v) is 5.73. The van der Waals surface area contributed by atoms with Gasteiger partial charge in [0.1, 0.15) is 5.84 Å². The van der Waals surface area contributed by atoms with Crippen LogP contribution in [0.2, 0.25) is 0 Å². The lowest BCUT2D eigenvalue weighted by atomic mass is 10.2. The Labute approximate surface area is 104 Å². The lowest BCUT2D eigenvalue weighted by Crippen LogP contribution is -2.12. The van der Waals surface area contributed by atoms with Gasteiger partial charge in [-0.15, -0.1) is 11.6 Å². The Hall–Kier alpha value is -1.59. The van der Waals surface area contributed by atoms with Gasteiger partial charge in [-0.2, -0.15) is 5.10 Å². The van der Waals surface area contributed by atoms with Crippen LogP contribution in [0.5, 0.6) is 0 Å². The zero-order valence-corrected chi connectivity index (χ0v) is 9.93. The van der Waals surface area contributed by atoms with E-state index in [1.54, 1.807) is 4.68 Å². The van der Waals surface area contributed by atoms with Crippen molar-refractivity contribution in [2.24, 2.45) is 10.7 Å². The summed E-state index contributed by atoms with van der Waals surface area (Å²) in [5.41, 5.74) is 7.18. The maximum absolute atomic E-state index is 8.84. The standard InChI is InChI=1S/C11H13ClN4O/c12-6-11(13)14-9-1-2-10-8(5-9)7-16(15-10)3-4-17/h1-2,5,7,17H,3-4,6H2,(H2,13,14). The van der Waals surface area contributed by atoms with Crippen LogP contribution in [0.4, 0.5) is 5.69 Å². The molecule has 0 unspecified atom stereocenters. The number of rotatable bonds is 4. The molecule has 0 amide bonds. The minimum atomic E-state index is 0.0677. The Morgan fingerprint density at radius 3 is 3.06 bits per heavy atom. The highest BCUT2D eigenvalue weighted by Crippen LogP contribution is 2.20. The number of alkyl halides is 1. The highest BCUT2D eigenvalue weighted by Gasteiger charge is 2.01. The molecule has 90 valence electrons. The van der Waals surface area contributed by atoms with Crippen molar-refractivity contribution in [3.63, 3.8) is 0 Å². The second-order valence-corrected chi connectivity index (χ2v) is 3.86. The summed E-state index contributed by atoms with van der Waals surface area (Å²) in [5, 5.41) is 14.1. The van der Waals surface area contributed by atoms with Crippen molar-refractivity contribution in [3.05, 3.63) is 24.4 Å². The van der Waals surface area contributed by atoms with E-state index in [4.69, 9.17) is 22.4 Å². The topological polar surface area (TPSA) is 76.4 Å². The number of nitrogens with two attached hydrogens (primary N) is 1. The zero-order valence-electron chi connectivity index (χ0n) is 9.17. The first kappa shape index (κ1) is 11.9. The SMILES string of the molecule is NC(CCl)=Nc1ccc2nn(CCO)cc2c1. The Bertz CT molecular complexity index is 549. The van der Waals surface area contributed by atoms with Crippen LogP contribution in [-0.4, -0.2) is 33.2 Å². The fourth-order valence-electron chi connectivity index (χ4n) is 1.55. The molecule has 1 aromatic heterocycles. The first-order valence-electron chi connectivity index (χ1n) is 5.20. The molecule has 0 radical (unpaired) electrons. The van der Waals surface area contributed by atoms with E-state index in [0.29, 0.717) is 12.4 Å². The number of benzene rings is 1. The number of aliphatic hydroxyl groups is 1. The highest BCUT2D eigenvalue weighted by atomic mass is 35.5. The molecule has 17 heavy (non-hydrogen) atoms. The van der Waals surface area contributed by atoms with Crippen molar-refractivity contribution < 1.29 is 5.11 Å². The van der Waals surface area contributed by atoms with E-state index in [1.165, 1.54) is 0 Å². The van der Waals surface area contributed by atoms with E-state index >= 15 is 0 Å². The van der Waals surface area contributed by atoms with Crippen molar-refractivity contribution in [3.8, 4) is 0 Å². The first-order chi connectivity index (χ1) is 8.22. The molecule has 0 fully saturated rings. The van der Waals surface area contributed by atoms with Crippen molar-refractivity contribution in [1.82, 2.24) is 9.78 Å². The molecule has 5 nitrogen and oxygen atoms in total. The predicted molar refractivity (Wildman–Crippen MR) is 68.8 cm³/mol.